The molecule has 1 aromatic heterocycles. The number of carbonyl (C=O) groups is 1. The van der Waals surface area contributed by atoms with Crippen LogP contribution in [0.4, 0.5) is 5.82 Å². The number of nitrogens with zero attached hydrogens (tertiary/aromatic N) is 3. The smallest absolute Gasteiger partial charge is 0.389 e. The molecule has 8 heteroatoms. The van der Waals surface area contributed by atoms with Crippen LogP contribution < -0.4 is 5.32 Å². The van der Waals surface area contributed by atoms with Gasteiger partial charge >= 0.3 is 5.82 Å². The van der Waals surface area contributed by atoms with Gasteiger partial charge in [-0.3, -0.25) is 4.79 Å². The van der Waals surface area contributed by atoms with Crippen LogP contribution in [0, 0.1) is 16.0 Å². The third kappa shape index (κ3) is 3.75. The zero-order chi connectivity index (χ0) is 13.8. The summed E-state index contributed by atoms with van der Waals surface area (Å²) in [5, 5.41) is 26.2. The summed E-state index contributed by atoms with van der Waals surface area (Å²) < 4.78 is 1.23. The zero-order valence-electron chi connectivity index (χ0n) is 10.4. The van der Waals surface area contributed by atoms with Gasteiger partial charge in [0, 0.05) is 6.54 Å². The third-order valence-corrected chi connectivity index (χ3v) is 3.22. The number of rotatable bonds is 5. The largest absolute Gasteiger partial charge is 0.393 e. The minimum atomic E-state index is -0.603. The van der Waals surface area contributed by atoms with E-state index < -0.39 is 4.92 Å². The van der Waals surface area contributed by atoms with Crippen LogP contribution in [0.5, 0.6) is 0 Å². The van der Waals surface area contributed by atoms with Gasteiger partial charge in [0.15, 0.2) is 0 Å². The summed E-state index contributed by atoms with van der Waals surface area (Å²) in [6.07, 6.45) is 3.56. The van der Waals surface area contributed by atoms with Crippen LogP contribution in [-0.2, 0) is 11.3 Å². The first-order valence-corrected chi connectivity index (χ1v) is 6.17. The highest BCUT2D eigenvalue weighted by atomic mass is 16.6. The van der Waals surface area contributed by atoms with Gasteiger partial charge in [0.2, 0.25) is 5.91 Å². The predicted molar refractivity (Wildman–Crippen MR) is 65.2 cm³/mol. The Morgan fingerprint density at radius 2 is 2.42 bits per heavy atom. The highest BCUT2D eigenvalue weighted by molar-refractivity contribution is 5.75. The molecule has 1 fully saturated rings. The molecular weight excluding hydrogens is 252 g/mol. The van der Waals surface area contributed by atoms with Crippen molar-refractivity contribution in [2.45, 2.75) is 31.9 Å². The molecule has 8 nitrogen and oxygen atoms in total. The van der Waals surface area contributed by atoms with Crippen molar-refractivity contribution >= 4 is 11.7 Å². The fourth-order valence-corrected chi connectivity index (χ4v) is 2.23. The Morgan fingerprint density at radius 1 is 1.63 bits per heavy atom. The standard InChI is InChI=1S/C11H16N4O4/c16-9-2-1-8(5-9)6-12-11(17)7-14-4-3-10(13-14)15(18)19/h3-4,8-9,16H,1-2,5-7H2,(H,12,17). The van der Waals surface area contributed by atoms with E-state index >= 15 is 0 Å². The van der Waals surface area contributed by atoms with Crippen molar-refractivity contribution in [1.82, 2.24) is 15.1 Å². The molecule has 19 heavy (non-hydrogen) atoms. The molecule has 1 aliphatic rings. The molecule has 1 aliphatic carbocycles. The molecule has 2 unspecified atom stereocenters. The monoisotopic (exact) mass is 268 g/mol. The SMILES string of the molecule is O=C(Cn1ccc([N+](=O)[O-])n1)NCC1CCC(O)C1. The minimum Gasteiger partial charge on any atom is -0.393 e. The fourth-order valence-electron chi connectivity index (χ4n) is 2.23. The summed E-state index contributed by atoms with van der Waals surface area (Å²) in [5.74, 6) is -0.197. The number of nitrogens with one attached hydrogen (secondary N) is 1. The lowest BCUT2D eigenvalue weighted by atomic mass is 10.1. The Morgan fingerprint density at radius 3 is 3.00 bits per heavy atom. The quantitative estimate of drug-likeness (QED) is 0.580. The van der Waals surface area contributed by atoms with Gasteiger partial charge in [-0.25, -0.2) is 0 Å². The Labute approximate surface area is 109 Å². The van der Waals surface area contributed by atoms with Crippen LogP contribution in [0.2, 0.25) is 0 Å². The maximum Gasteiger partial charge on any atom is 0.389 e. The number of aliphatic hydroxyl groups excluding tert-OH is 1. The van der Waals surface area contributed by atoms with E-state index in [9.17, 15) is 20.0 Å². The number of carbonyl (C=O) groups excluding carboxylic acids is 1. The lowest BCUT2D eigenvalue weighted by Crippen LogP contribution is -2.31. The molecule has 1 aromatic rings. The first-order valence-electron chi connectivity index (χ1n) is 6.17. The van der Waals surface area contributed by atoms with E-state index in [1.165, 1.54) is 16.9 Å². The molecule has 0 saturated heterocycles. The van der Waals surface area contributed by atoms with E-state index in [-0.39, 0.29) is 24.4 Å². The molecule has 104 valence electrons. The van der Waals surface area contributed by atoms with Crippen molar-refractivity contribution in [3.8, 4) is 0 Å². The molecule has 0 spiro atoms. The second-order valence-corrected chi connectivity index (χ2v) is 4.77. The van der Waals surface area contributed by atoms with Crippen LogP contribution in [-0.4, -0.2) is 38.4 Å². The Balaban J connectivity index is 1.76. The van der Waals surface area contributed by atoms with Gasteiger partial charge in [0.25, 0.3) is 0 Å². The normalized spacial score (nSPS) is 22.4. The van der Waals surface area contributed by atoms with E-state index in [0.717, 1.165) is 12.8 Å². The van der Waals surface area contributed by atoms with Crippen LogP contribution in [0.3, 0.4) is 0 Å². The summed E-state index contributed by atoms with van der Waals surface area (Å²) >= 11 is 0. The minimum absolute atomic E-state index is 0.0386. The lowest BCUT2D eigenvalue weighted by Gasteiger charge is -2.10. The zero-order valence-corrected chi connectivity index (χ0v) is 10.4. The number of hydrogen-bond acceptors (Lipinski definition) is 5. The first kappa shape index (κ1) is 13.5. The topological polar surface area (TPSA) is 110 Å². The van der Waals surface area contributed by atoms with Gasteiger partial charge in [-0.2, -0.15) is 4.68 Å². The molecule has 1 heterocycles. The van der Waals surface area contributed by atoms with Crippen LogP contribution in [0.25, 0.3) is 0 Å². The van der Waals surface area contributed by atoms with Crippen molar-refractivity contribution in [3.05, 3.63) is 22.4 Å². The summed E-state index contributed by atoms with van der Waals surface area (Å²) in [7, 11) is 0. The van der Waals surface area contributed by atoms with E-state index in [4.69, 9.17) is 0 Å². The predicted octanol–water partition coefficient (Wildman–Crippen LogP) is 0.0685. The summed E-state index contributed by atoms with van der Waals surface area (Å²) in [6.45, 7) is 0.488. The van der Waals surface area contributed by atoms with Crippen molar-refractivity contribution < 1.29 is 14.8 Å². The number of hydrogen-bond donors (Lipinski definition) is 2. The highest BCUT2D eigenvalue weighted by Gasteiger charge is 2.23. The van der Waals surface area contributed by atoms with Gasteiger partial charge in [0.1, 0.15) is 6.54 Å². The number of nitro groups is 1. The second kappa shape index (κ2) is 5.79. The second-order valence-electron chi connectivity index (χ2n) is 4.77. The van der Waals surface area contributed by atoms with Crippen molar-refractivity contribution in [1.29, 1.82) is 0 Å². The third-order valence-electron chi connectivity index (χ3n) is 3.22. The lowest BCUT2D eigenvalue weighted by molar-refractivity contribution is -0.389. The van der Waals surface area contributed by atoms with E-state index in [0.29, 0.717) is 18.9 Å². The molecule has 0 bridgehead atoms. The van der Waals surface area contributed by atoms with E-state index in [1.807, 2.05) is 0 Å². The molecule has 0 radical (unpaired) electrons. The molecule has 1 amide bonds. The fraction of sp³-hybridized carbons (Fsp3) is 0.636. The molecule has 2 rings (SSSR count). The Bertz CT molecular complexity index is 473. The molecule has 1 saturated carbocycles. The highest BCUT2D eigenvalue weighted by Crippen LogP contribution is 2.24. The first-order chi connectivity index (χ1) is 9.04. The average molecular weight is 268 g/mol. The van der Waals surface area contributed by atoms with Crippen LogP contribution >= 0.6 is 0 Å². The summed E-state index contributed by atoms with van der Waals surface area (Å²) in [4.78, 5) is 21.5. The van der Waals surface area contributed by atoms with Gasteiger partial charge in [-0.1, -0.05) is 0 Å². The molecule has 0 aromatic carbocycles. The summed E-state index contributed by atoms with van der Waals surface area (Å²) in [6, 6.07) is 1.25. The number of aliphatic hydroxyl groups is 1. The van der Waals surface area contributed by atoms with Gasteiger partial charge in [0.05, 0.1) is 23.5 Å². The Kier molecular flexibility index (Phi) is 4.10. The van der Waals surface area contributed by atoms with Crippen LogP contribution in [0.15, 0.2) is 12.3 Å². The number of aromatic nitrogens is 2. The van der Waals surface area contributed by atoms with Crippen molar-refractivity contribution in [3.63, 3.8) is 0 Å². The Hall–Kier alpha value is -1.96. The van der Waals surface area contributed by atoms with E-state index in [2.05, 4.69) is 10.4 Å². The van der Waals surface area contributed by atoms with Gasteiger partial charge in [-0.05, 0) is 30.1 Å². The molecule has 0 aliphatic heterocycles. The molecular formula is C11H16N4O4. The van der Waals surface area contributed by atoms with E-state index in [1.54, 1.807) is 0 Å². The molecule has 2 N–H and O–H groups in total. The van der Waals surface area contributed by atoms with Crippen LogP contribution in [0.1, 0.15) is 19.3 Å². The maximum absolute atomic E-state index is 11.6. The van der Waals surface area contributed by atoms with Gasteiger partial charge in [-0.15, -0.1) is 0 Å². The van der Waals surface area contributed by atoms with Crippen molar-refractivity contribution in [2.75, 3.05) is 6.54 Å². The van der Waals surface area contributed by atoms with Gasteiger partial charge < -0.3 is 20.5 Å². The maximum atomic E-state index is 11.6. The number of amides is 1. The average Bonchev–Trinajstić information content (AvgIpc) is 2.96. The molecule has 2 atom stereocenters. The van der Waals surface area contributed by atoms with Crippen molar-refractivity contribution in [2.24, 2.45) is 5.92 Å². The summed E-state index contributed by atoms with van der Waals surface area (Å²) in [5.41, 5.74) is 0.